The zero-order chi connectivity index (χ0) is 14.8. The Labute approximate surface area is 125 Å². The van der Waals surface area contributed by atoms with E-state index in [0.717, 1.165) is 31.7 Å². The quantitative estimate of drug-likeness (QED) is 0.899. The van der Waals surface area contributed by atoms with Crippen molar-refractivity contribution >= 4 is 23.2 Å². The van der Waals surface area contributed by atoms with Gasteiger partial charge < -0.3 is 10.6 Å². The van der Waals surface area contributed by atoms with Gasteiger partial charge in [0.25, 0.3) is 0 Å². The first kappa shape index (κ1) is 15.3. The molecular weight excluding hydrogens is 274 g/mol. The van der Waals surface area contributed by atoms with Gasteiger partial charge in [-0.25, -0.2) is 0 Å². The maximum Gasteiger partial charge on any atom is 0.244 e. The number of carbonyl (C=O) groups excluding carboxylic acids is 1. The predicted molar refractivity (Wildman–Crippen MR) is 83.3 cm³/mol. The molecule has 1 amide bonds. The van der Waals surface area contributed by atoms with Crippen molar-refractivity contribution in [3.8, 4) is 0 Å². The molecule has 2 rings (SSSR count). The molecule has 0 aliphatic carbocycles. The molecule has 1 aliphatic heterocycles. The largest absolute Gasteiger partial charge is 0.323 e. The lowest BCUT2D eigenvalue weighted by atomic mass is 10.00. The SMILES string of the molecule is Cc1cccc(Cl)c1NC(=O)C(C)(C)N1CCNCC1. The minimum atomic E-state index is -0.548. The third kappa shape index (κ3) is 3.14. The highest BCUT2D eigenvalue weighted by molar-refractivity contribution is 6.34. The average Bonchev–Trinajstić information content (AvgIpc) is 2.43. The van der Waals surface area contributed by atoms with E-state index < -0.39 is 5.54 Å². The van der Waals surface area contributed by atoms with Crippen molar-refractivity contribution in [1.29, 1.82) is 0 Å². The molecule has 2 N–H and O–H groups in total. The van der Waals surface area contributed by atoms with Crippen LogP contribution in [-0.4, -0.2) is 42.5 Å². The van der Waals surface area contributed by atoms with Gasteiger partial charge in [-0.05, 0) is 32.4 Å². The van der Waals surface area contributed by atoms with Gasteiger partial charge in [0.2, 0.25) is 5.91 Å². The van der Waals surface area contributed by atoms with E-state index in [9.17, 15) is 4.79 Å². The summed E-state index contributed by atoms with van der Waals surface area (Å²) in [5.41, 5.74) is 1.14. The van der Waals surface area contributed by atoms with Gasteiger partial charge in [0.15, 0.2) is 0 Å². The zero-order valence-corrected chi connectivity index (χ0v) is 13.0. The number of amides is 1. The second-order valence-corrected chi connectivity index (χ2v) is 6.09. The summed E-state index contributed by atoms with van der Waals surface area (Å²) in [5.74, 6) is -0.0180. The van der Waals surface area contributed by atoms with E-state index in [0.29, 0.717) is 10.7 Å². The van der Waals surface area contributed by atoms with Crippen molar-refractivity contribution < 1.29 is 4.79 Å². The van der Waals surface area contributed by atoms with Crippen molar-refractivity contribution in [2.24, 2.45) is 0 Å². The lowest BCUT2D eigenvalue weighted by Gasteiger charge is -2.39. The summed E-state index contributed by atoms with van der Waals surface area (Å²) in [6.07, 6.45) is 0. The van der Waals surface area contributed by atoms with E-state index >= 15 is 0 Å². The molecule has 1 heterocycles. The van der Waals surface area contributed by atoms with Gasteiger partial charge in [0.1, 0.15) is 0 Å². The summed E-state index contributed by atoms with van der Waals surface area (Å²) < 4.78 is 0. The minimum Gasteiger partial charge on any atom is -0.323 e. The Morgan fingerprint density at radius 2 is 2.00 bits per heavy atom. The number of carbonyl (C=O) groups is 1. The Balaban J connectivity index is 2.14. The van der Waals surface area contributed by atoms with Gasteiger partial charge in [0, 0.05) is 26.2 Å². The Kier molecular flexibility index (Phi) is 4.68. The number of hydrogen-bond acceptors (Lipinski definition) is 3. The number of hydrogen-bond donors (Lipinski definition) is 2. The third-order valence-corrected chi connectivity index (χ3v) is 4.24. The monoisotopic (exact) mass is 295 g/mol. The first-order chi connectivity index (χ1) is 9.43. The summed E-state index contributed by atoms with van der Waals surface area (Å²) in [5, 5.41) is 6.86. The summed E-state index contributed by atoms with van der Waals surface area (Å²) in [4.78, 5) is 14.8. The molecular formula is C15H22ClN3O. The highest BCUT2D eigenvalue weighted by atomic mass is 35.5. The lowest BCUT2D eigenvalue weighted by Crippen LogP contribution is -2.58. The highest BCUT2D eigenvalue weighted by Gasteiger charge is 2.35. The van der Waals surface area contributed by atoms with E-state index in [-0.39, 0.29) is 5.91 Å². The van der Waals surface area contributed by atoms with Crippen LogP contribution >= 0.6 is 11.6 Å². The van der Waals surface area contributed by atoms with Gasteiger partial charge in [-0.1, -0.05) is 23.7 Å². The average molecular weight is 296 g/mol. The van der Waals surface area contributed by atoms with Gasteiger partial charge in [-0.3, -0.25) is 9.69 Å². The van der Waals surface area contributed by atoms with Crippen LogP contribution in [0, 0.1) is 6.92 Å². The molecule has 0 aromatic heterocycles. The first-order valence-electron chi connectivity index (χ1n) is 6.95. The first-order valence-corrected chi connectivity index (χ1v) is 7.33. The van der Waals surface area contributed by atoms with Gasteiger partial charge in [-0.2, -0.15) is 0 Å². The number of nitrogens with zero attached hydrogens (tertiary/aromatic N) is 1. The molecule has 0 atom stereocenters. The molecule has 1 aliphatic rings. The fourth-order valence-electron chi connectivity index (χ4n) is 2.42. The van der Waals surface area contributed by atoms with Gasteiger partial charge in [0.05, 0.1) is 16.2 Å². The number of rotatable bonds is 3. The molecule has 5 heteroatoms. The van der Waals surface area contributed by atoms with E-state index in [1.807, 2.05) is 32.9 Å². The van der Waals surface area contributed by atoms with Crippen molar-refractivity contribution in [3.63, 3.8) is 0 Å². The molecule has 1 aromatic carbocycles. The van der Waals surface area contributed by atoms with Crippen molar-refractivity contribution in [2.75, 3.05) is 31.5 Å². The zero-order valence-electron chi connectivity index (χ0n) is 12.3. The number of nitrogens with one attached hydrogen (secondary N) is 2. The van der Waals surface area contributed by atoms with E-state index in [2.05, 4.69) is 15.5 Å². The van der Waals surface area contributed by atoms with Crippen LogP contribution in [0.3, 0.4) is 0 Å². The molecule has 20 heavy (non-hydrogen) atoms. The molecule has 0 saturated carbocycles. The molecule has 1 fully saturated rings. The summed E-state index contributed by atoms with van der Waals surface area (Å²) >= 11 is 6.17. The third-order valence-electron chi connectivity index (χ3n) is 3.92. The summed E-state index contributed by atoms with van der Waals surface area (Å²) in [6, 6.07) is 5.62. The predicted octanol–water partition coefficient (Wildman–Crippen LogP) is 2.27. The summed E-state index contributed by atoms with van der Waals surface area (Å²) in [7, 11) is 0. The van der Waals surface area contributed by atoms with Crippen LogP contribution in [0.2, 0.25) is 5.02 Å². The molecule has 0 bridgehead atoms. The number of para-hydroxylation sites is 1. The number of benzene rings is 1. The fraction of sp³-hybridized carbons (Fsp3) is 0.533. The number of anilines is 1. The van der Waals surface area contributed by atoms with Crippen molar-refractivity contribution in [3.05, 3.63) is 28.8 Å². The molecule has 1 saturated heterocycles. The Morgan fingerprint density at radius 3 is 2.60 bits per heavy atom. The Bertz CT molecular complexity index is 476. The normalized spacial score (nSPS) is 17.0. The van der Waals surface area contributed by atoms with Gasteiger partial charge in [-0.15, -0.1) is 0 Å². The van der Waals surface area contributed by atoms with Crippen LogP contribution < -0.4 is 10.6 Å². The molecule has 110 valence electrons. The fourth-order valence-corrected chi connectivity index (χ4v) is 2.69. The second-order valence-electron chi connectivity index (χ2n) is 5.68. The molecule has 0 spiro atoms. The van der Waals surface area contributed by atoms with Crippen molar-refractivity contribution in [1.82, 2.24) is 10.2 Å². The molecule has 1 aromatic rings. The van der Waals surface area contributed by atoms with Crippen LogP contribution in [-0.2, 0) is 4.79 Å². The van der Waals surface area contributed by atoms with Crippen LogP contribution in [0.1, 0.15) is 19.4 Å². The number of aryl methyl sites for hydroxylation is 1. The maximum absolute atomic E-state index is 12.6. The van der Waals surface area contributed by atoms with Crippen LogP contribution in [0.5, 0.6) is 0 Å². The second kappa shape index (κ2) is 6.12. The number of piperazine rings is 1. The molecule has 4 nitrogen and oxygen atoms in total. The van der Waals surface area contributed by atoms with E-state index in [1.165, 1.54) is 0 Å². The Morgan fingerprint density at radius 1 is 1.35 bits per heavy atom. The Hall–Kier alpha value is -1.10. The standard InChI is InChI=1S/C15H22ClN3O/c1-11-5-4-6-12(16)13(11)18-14(20)15(2,3)19-9-7-17-8-10-19/h4-6,17H,7-10H2,1-3H3,(H,18,20). The number of halogens is 1. The van der Waals surface area contributed by atoms with Crippen LogP contribution in [0.25, 0.3) is 0 Å². The van der Waals surface area contributed by atoms with Crippen LogP contribution in [0.4, 0.5) is 5.69 Å². The smallest absolute Gasteiger partial charge is 0.244 e. The minimum absolute atomic E-state index is 0.0180. The van der Waals surface area contributed by atoms with E-state index in [1.54, 1.807) is 6.07 Å². The van der Waals surface area contributed by atoms with Crippen LogP contribution in [0.15, 0.2) is 18.2 Å². The van der Waals surface area contributed by atoms with Crippen molar-refractivity contribution in [2.45, 2.75) is 26.3 Å². The topological polar surface area (TPSA) is 44.4 Å². The lowest BCUT2D eigenvalue weighted by molar-refractivity contribution is -0.126. The van der Waals surface area contributed by atoms with E-state index in [4.69, 9.17) is 11.6 Å². The molecule has 0 unspecified atom stereocenters. The summed E-state index contributed by atoms with van der Waals surface area (Å²) in [6.45, 7) is 9.45. The molecule has 0 radical (unpaired) electrons. The maximum atomic E-state index is 12.6. The van der Waals surface area contributed by atoms with Gasteiger partial charge >= 0.3 is 0 Å². The highest BCUT2D eigenvalue weighted by Crippen LogP contribution is 2.27.